The number of nitrogens with zero attached hydrogens (tertiary/aromatic N) is 3. The van der Waals surface area contributed by atoms with Gasteiger partial charge in [0.1, 0.15) is 10.7 Å². The average Bonchev–Trinajstić information content (AvgIpc) is 2.98. The minimum Gasteiger partial charge on any atom is -0.369 e. The predicted octanol–water partition coefficient (Wildman–Crippen LogP) is 0.807. The van der Waals surface area contributed by atoms with Crippen molar-refractivity contribution >= 4 is 15.8 Å². The molecule has 0 saturated carbocycles. The highest BCUT2D eigenvalue weighted by atomic mass is 32.2. The topological polar surface area (TPSA) is 110 Å². The van der Waals surface area contributed by atoms with Gasteiger partial charge in [0.25, 0.3) is 0 Å². The Morgan fingerprint density at radius 2 is 2.14 bits per heavy atom. The highest BCUT2D eigenvalue weighted by Gasteiger charge is 2.18. The quantitative estimate of drug-likeness (QED) is 0.742. The lowest BCUT2D eigenvalue weighted by atomic mass is 10.4. The van der Waals surface area contributed by atoms with E-state index in [-0.39, 0.29) is 11.4 Å². The van der Waals surface area contributed by atoms with Crippen molar-refractivity contribution in [3.05, 3.63) is 30.5 Å². The van der Waals surface area contributed by atoms with Gasteiger partial charge in [-0.3, -0.25) is 0 Å². The molecule has 2 N–H and O–H groups in total. The molecule has 0 aliphatic rings. The van der Waals surface area contributed by atoms with Gasteiger partial charge in [0.15, 0.2) is 6.33 Å². The van der Waals surface area contributed by atoms with Gasteiger partial charge in [-0.1, -0.05) is 12.1 Å². The van der Waals surface area contributed by atoms with Gasteiger partial charge in [0, 0.05) is 25.7 Å². The summed E-state index contributed by atoms with van der Waals surface area (Å²) < 4.78 is 31.9. The standard InChI is InChI=1S/C12H17N5O3S/c1-2-6-13-12-10(4-3-7-14-12)21(18,19)17-8-5-11-15-9-16-20-11/h3-4,7,9,17H,2,5-6,8H2,1H3,(H,13,14). The molecule has 9 heteroatoms. The van der Waals surface area contributed by atoms with Gasteiger partial charge in [-0.15, -0.1) is 0 Å². The van der Waals surface area contributed by atoms with Crippen molar-refractivity contribution in [2.75, 3.05) is 18.4 Å². The number of rotatable bonds is 8. The Balaban J connectivity index is 2.04. The van der Waals surface area contributed by atoms with Crippen molar-refractivity contribution in [1.29, 1.82) is 0 Å². The molecule has 2 aromatic heterocycles. The minimum absolute atomic E-state index is 0.129. The Labute approximate surface area is 123 Å². The Hall–Kier alpha value is -2.00. The van der Waals surface area contributed by atoms with Crippen LogP contribution < -0.4 is 10.0 Å². The molecule has 0 amide bonds. The summed E-state index contributed by atoms with van der Waals surface area (Å²) in [4.78, 5) is 8.03. The maximum Gasteiger partial charge on any atom is 0.244 e. The molecule has 0 aliphatic heterocycles. The third-order valence-electron chi connectivity index (χ3n) is 2.64. The van der Waals surface area contributed by atoms with Crippen LogP contribution in [0.4, 0.5) is 5.82 Å². The first kappa shape index (κ1) is 15.4. The summed E-state index contributed by atoms with van der Waals surface area (Å²) in [5.74, 6) is 0.734. The van der Waals surface area contributed by atoms with Crippen LogP contribution in [0, 0.1) is 0 Å². The molecule has 8 nitrogen and oxygen atoms in total. The largest absolute Gasteiger partial charge is 0.369 e. The second kappa shape index (κ2) is 7.14. The number of aromatic nitrogens is 3. The zero-order valence-electron chi connectivity index (χ0n) is 11.6. The third kappa shape index (κ3) is 4.23. The van der Waals surface area contributed by atoms with Crippen molar-refractivity contribution in [1.82, 2.24) is 19.8 Å². The zero-order valence-corrected chi connectivity index (χ0v) is 12.4. The van der Waals surface area contributed by atoms with Gasteiger partial charge in [-0.2, -0.15) is 4.98 Å². The molecule has 0 aromatic carbocycles. The van der Waals surface area contributed by atoms with E-state index in [1.807, 2.05) is 6.92 Å². The van der Waals surface area contributed by atoms with E-state index in [1.54, 1.807) is 12.3 Å². The van der Waals surface area contributed by atoms with Gasteiger partial charge in [0.05, 0.1) is 0 Å². The van der Waals surface area contributed by atoms with Crippen LogP contribution in [0.2, 0.25) is 0 Å². The first-order valence-electron chi connectivity index (χ1n) is 6.57. The van der Waals surface area contributed by atoms with E-state index in [0.717, 1.165) is 6.42 Å². The molecule has 2 aromatic rings. The van der Waals surface area contributed by atoms with Crippen LogP contribution in [-0.4, -0.2) is 36.6 Å². The van der Waals surface area contributed by atoms with Crippen molar-refractivity contribution in [3.63, 3.8) is 0 Å². The number of anilines is 1. The molecule has 0 atom stereocenters. The van der Waals surface area contributed by atoms with Gasteiger partial charge >= 0.3 is 0 Å². The Morgan fingerprint density at radius 3 is 2.86 bits per heavy atom. The second-order valence-electron chi connectivity index (χ2n) is 4.26. The van der Waals surface area contributed by atoms with Crippen molar-refractivity contribution in [2.45, 2.75) is 24.7 Å². The Morgan fingerprint density at radius 1 is 1.29 bits per heavy atom. The fourth-order valence-electron chi connectivity index (χ4n) is 1.66. The van der Waals surface area contributed by atoms with Gasteiger partial charge in [-0.25, -0.2) is 18.1 Å². The summed E-state index contributed by atoms with van der Waals surface area (Å²) in [5, 5.41) is 6.46. The lowest BCUT2D eigenvalue weighted by Crippen LogP contribution is -2.27. The van der Waals surface area contributed by atoms with Crippen molar-refractivity contribution < 1.29 is 12.9 Å². The lowest BCUT2D eigenvalue weighted by molar-refractivity contribution is 0.377. The Kier molecular flexibility index (Phi) is 5.23. The van der Waals surface area contributed by atoms with Crippen molar-refractivity contribution in [3.8, 4) is 0 Å². The fourth-order valence-corrected chi connectivity index (χ4v) is 2.82. The van der Waals surface area contributed by atoms with Crippen LogP contribution in [-0.2, 0) is 16.4 Å². The maximum atomic E-state index is 12.3. The molecule has 2 heterocycles. The molecule has 0 fully saturated rings. The summed E-state index contributed by atoms with van der Waals surface area (Å²) in [5.41, 5.74) is 0. The van der Waals surface area contributed by atoms with Crippen LogP contribution in [0.3, 0.4) is 0 Å². The Bertz CT molecular complexity index is 657. The van der Waals surface area contributed by atoms with E-state index in [2.05, 4.69) is 25.2 Å². The summed E-state index contributed by atoms with van der Waals surface area (Å²) in [6.45, 7) is 2.82. The van der Waals surface area contributed by atoms with Gasteiger partial charge in [0.2, 0.25) is 15.9 Å². The second-order valence-corrected chi connectivity index (χ2v) is 6.00. The van der Waals surface area contributed by atoms with Crippen LogP contribution in [0.25, 0.3) is 0 Å². The first-order chi connectivity index (χ1) is 10.1. The first-order valence-corrected chi connectivity index (χ1v) is 8.06. The normalized spacial score (nSPS) is 11.5. The number of sulfonamides is 1. The van der Waals surface area contributed by atoms with E-state index in [0.29, 0.717) is 24.7 Å². The lowest BCUT2D eigenvalue weighted by Gasteiger charge is -2.11. The molecule has 0 bridgehead atoms. The molecular formula is C12H17N5O3S. The highest BCUT2D eigenvalue weighted by Crippen LogP contribution is 2.17. The molecule has 114 valence electrons. The van der Waals surface area contributed by atoms with E-state index in [9.17, 15) is 8.42 Å². The van der Waals surface area contributed by atoms with E-state index < -0.39 is 10.0 Å². The molecule has 0 aliphatic carbocycles. The maximum absolute atomic E-state index is 12.3. The number of nitrogens with one attached hydrogen (secondary N) is 2. The van der Waals surface area contributed by atoms with E-state index >= 15 is 0 Å². The third-order valence-corrected chi connectivity index (χ3v) is 4.13. The van der Waals surface area contributed by atoms with Crippen LogP contribution in [0.5, 0.6) is 0 Å². The number of hydrogen-bond acceptors (Lipinski definition) is 7. The van der Waals surface area contributed by atoms with Crippen molar-refractivity contribution in [2.24, 2.45) is 0 Å². The minimum atomic E-state index is -3.64. The van der Waals surface area contributed by atoms with E-state index in [1.165, 1.54) is 12.4 Å². The summed E-state index contributed by atoms with van der Waals surface area (Å²) in [6.07, 6.45) is 4.03. The molecule has 2 rings (SSSR count). The monoisotopic (exact) mass is 311 g/mol. The molecular weight excluding hydrogens is 294 g/mol. The number of pyridine rings is 1. The molecule has 0 saturated heterocycles. The predicted molar refractivity (Wildman–Crippen MR) is 76.2 cm³/mol. The van der Waals surface area contributed by atoms with Crippen LogP contribution in [0.1, 0.15) is 19.2 Å². The van der Waals surface area contributed by atoms with Crippen LogP contribution in [0.15, 0.2) is 34.1 Å². The molecule has 0 radical (unpaired) electrons. The molecule has 21 heavy (non-hydrogen) atoms. The smallest absolute Gasteiger partial charge is 0.244 e. The summed E-state index contributed by atoms with van der Waals surface area (Å²) in [6, 6.07) is 3.10. The van der Waals surface area contributed by atoms with Gasteiger partial charge < -0.3 is 9.84 Å². The van der Waals surface area contributed by atoms with Crippen LogP contribution >= 0.6 is 0 Å². The average molecular weight is 311 g/mol. The fraction of sp³-hybridized carbons (Fsp3) is 0.417. The molecule has 0 unspecified atom stereocenters. The SMILES string of the molecule is CCCNc1ncccc1S(=O)(=O)NCCc1ncno1. The number of hydrogen-bond donors (Lipinski definition) is 2. The summed E-state index contributed by atoms with van der Waals surface area (Å²) in [7, 11) is -3.64. The summed E-state index contributed by atoms with van der Waals surface area (Å²) >= 11 is 0. The molecule has 0 spiro atoms. The van der Waals surface area contributed by atoms with Gasteiger partial charge in [-0.05, 0) is 18.6 Å². The van der Waals surface area contributed by atoms with E-state index in [4.69, 9.17) is 4.52 Å². The zero-order chi connectivity index (χ0) is 15.1. The highest BCUT2D eigenvalue weighted by molar-refractivity contribution is 7.89.